The Bertz CT molecular complexity index is 680. The summed E-state index contributed by atoms with van der Waals surface area (Å²) in [5.74, 6) is -0.203. The fourth-order valence-electron chi connectivity index (χ4n) is 3.00. The fraction of sp³-hybridized carbons (Fsp3) is 0.471. The fourth-order valence-corrected chi connectivity index (χ4v) is 3.19. The Morgan fingerprint density at radius 3 is 2.76 bits per heavy atom. The smallest absolute Gasteiger partial charge is 0.254 e. The average Bonchev–Trinajstić information content (AvgIpc) is 2.59. The summed E-state index contributed by atoms with van der Waals surface area (Å²) in [5.41, 5.74) is 2.17. The molecule has 3 N–H and O–H groups in total. The first-order valence-electron chi connectivity index (χ1n) is 8.14. The molecule has 1 fully saturated rings. The van der Waals surface area contributed by atoms with Gasteiger partial charge in [0.05, 0.1) is 35.5 Å². The summed E-state index contributed by atoms with van der Waals surface area (Å²) in [5, 5.41) is 5.90. The molecule has 0 saturated carbocycles. The highest BCUT2D eigenvalue weighted by Crippen LogP contribution is 2.21. The molecule has 1 aromatic rings. The summed E-state index contributed by atoms with van der Waals surface area (Å²) in [4.78, 5) is 37.5. The van der Waals surface area contributed by atoms with E-state index in [1.54, 1.807) is 40.9 Å². The molecular weight excluding hydrogens is 435 g/mol. The SMILES string of the molecule is Cc1ccc(NCC(=O)NI)cc1C(=O)N(C)C1CCC(=O)NC1C. The third kappa shape index (κ3) is 4.83. The molecular formula is C17H23IN4O3. The van der Waals surface area contributed by atoms with Crippen LogP contribution in [0.2, 0.25) is 0 Å². The molecule has 1 aliphatic heterocycles. The van der Waals surface area contributed by atoms with Crippen molar-refractivity contribution in [3.05, 3.63) is 29.3 Å². The number of likely N-dealkylation sites (N-methyl/N-ethyl adjacent to an activating group) is 1. The minimum absolute atomic E-state index is 0.0283. The van der Waals surface area contributed by atoms with Gasteiger partial charge in [0, 0.05) is 30.8 Å². The molecule has 0 aliphatic carbocycles. The third-order valence-electron chi connectivity index (χ3n) is 4.48. The lowest BCUT2D eigenvalue weighted by molar-refractivity contribution is -0.124. The molecule has 25 heavy (non-hydrogen) atoms. The Morgan fingerprint density at radius 1 is 1.40 bits per heavy atom. The van der Waals surface area contributed by atoms with Crippen LogP contribution >= 0.6 is 22.9 Å². The van der Waals surface area contributed by atoms with E-state index in [0.29, 0.717) is 24.1 Å². The van der Waals surface area contributed by atoms with E-state index in [4.69, 9.17) is 0 Å². The standard InChI is InChI=1S/C17H23IN4O3/c1-10-4-5-12(19-9-16(24)21-18)8-13(10)17(25)22(3)14-6-7-15(23)20-11(14)2/h4-5,8,11,14,19H,6-7,9H2,1-3H3,(H,20,23)(H,21,24). The van der Waals surface area contributed by atoms with Crippen LogP contribution in [0.3, 0.4) is 0 Å². The average molecular weight is 458 g/mol. The van der Waals surface area contributed by atoms with Gasteiger partial charge in [0.1, 0.15) is 0 Å². The first-order valence-corrected chi connectivity index (χ1v) is 9.22. The number of piperidine rings is 1. The van der Waals surface area contributed by atoms with Crippen molar-refractivity contribution in [2.75, 3.05) is 18.9 Å². The van der Waals surface area contributed by atoms with Crippen molar-refractivity contribution in [1.29, 1.82) is 0 Å². The summed E-state index contributed by atoms with van der Waals surface area (Å²) >= 11 is 1.79. The van der Waals surface area contributed by atoms with Gasteiger partial charge in [0.25, 0.3) is 5.91 Å². The Kier molecular flexibility index (Phi) is 6.63. The highest BCUT2D eigenvalue weighted by molar-refractivity contribution is 14.1. The van der Waals surface area contributed by atoms with E-state index in [-0.39, 0.29) is 36.3 Å². The number of anilines is 1. The number of benzene rings is 1. The second kappa shape index (κ2) is 8.50. The summed E-state index contributed by atoms with van der Waals surface area (Å²) < 4.78 is 2.51. The van der Waals surface area contributed by atoms with Crippen molar-refractivity contribution in [2.45, 2.75) is 38.8 Å². The van der Waals surface area contributed by atoms with Gasteiger partial charge in [0.15, 0.2) is 0 Å². The Balaban J connectivity index is 2.14. The topological polar surface area (TPSA) is 90.5 Å². The van der Waals surface area contributed by atoms with E-state index < -0.39 is 0 Å². The zero-order chi connectivity index (χ0) is 18.6. The molecule has 0 spiro atoms. The second-order valence-electron chi connectivity index (χ2n) is 6.28. The van der Waals surface area contributed by atoms with Crippen LogP contribution in [0, 0.1) is 6.92 Å². The molecule has 8 heteroatoms. The lowest BCUT2D eigenvalue weighted by Gasteiger charge is -2.36. The number of rotatable bonds is 5. The highest BCUT2D eigenvalue weighted by Gasteiger charge is 2.31. The molecule has 0 radical (unpaired) electrons. The largest absolute Gasteiger partial charge is 0.376 e. The number of hydrogen-bond donors (Lipinski definition) is 3. The molecule has 1 aromatic carbocycles. The van der Waals surface area contributed by atoms with Crippen LogP contribution < -0.4 is 14.2 Å². The maximum atomic E-state index is 12.9. The van der Waals surface area contributed by atoms with Gasteiger partial charge in [-0.15, -0.1) is 0 Å². The normalized spacial score (nSPS) is 19.8. The number of aryl methyl sites for hydroxylation is 1. The molecule has 7 nitrogen and oxygen atoms in total. The predicted molar refractivity (Wildman–Crippen MR) is 105 cm³/mol. The number of nitrogens with zero attached hydrogens (tertiary/aromatic N) is 1. The van der Waals surface area contributed by atoms with E-state index in [9.17, 15) is 14.4 Å². The quantitative estimate of drug-likeness (QED) is 0.462. The highest BCUT2D eigenvalue weighted by atomic mass is 127. The van der Waals surface area contributed by atoms with E-state index in [1.807, 2.05) is 26.0 Å². The van der Waals surface area contributed by atoms with Crippen LogP contribution in [0.4, 0.5) is 5.69 Å². The lowest BCUT2D eigenvalue weighted by atomic mass is 9.96. The predicted octanol–water partition coefficient (Wildman–Crippen LogP) is 1.61. The molecule has 1 heterocycles. The van der Waals surface area contributed by atoms with Crippen molar-refractivity contribution >= 4 is 46.3 Å². The van der Waals surface area contributed by atoms with E-state index >= 15 is 0 Å². The Hall–Kier alpha value is -1.84. The van der Waals surface area contributed by atoms with Crippen molar-refractivity contribution in [2.24, 2.45) is 0 Å². The molecule has 1 aliphatic rings. The van der Waals surface area contributed by atoms with E-state index in [1.165, 1.54) is 0 Å². The maximum absolute atomic E-state index is 12.9. The van der Waals surface area contributed by atoms with Crippen molar-refractivity contribution < 1.29 is 14.4 Å². The number of carbonyl (C=O) groups is 3. The lowest BCUT2D eigenvalue weighted by Crippen LogP contribution is -2.54. The molecule has 0 aromatic heterocycles. The van der Waals surface area contributed by atoms with Gasteiger partial charge in [-0.05, 0) is 38.0 Å². The van der Waals surface area contributed by atoms with Gasteiger partial charge >= 0.3 is 0 Å². The Morgan fingerprint density at radius 2 is 2.12 bits per heavy atom. The maximum Gasteiger partial charge on any atom is 0.254 e. The van der Waals surface area contributed by atoms with Gasteiger partial charge in [-0.25, -0.2) is 0 Å². The van der Waals surface area contributed by atoms with Gasteiger partial charge in [-0.3, -0.25) is 17.9 Å². The number of carbonyl (C=O) groups excluding carboxylic acids is 3. The molecule has 2 atom stereocenters. The van der Waals surface area contributed by atoms with Crippen molar-refractivity contribution in [1.82, 2.24) is 13.7 Å². The number of amides is 3. The monoisotopic (exact) mass is 458 g/mol. The minimum atomic E-state index is -0.141. The molecule has 1 saturated heterocycles. The molecule has 2 unspecified atom stereocenters. The molecule has 136 valence electrons. The Labute approximate surface area is 161 Å². The van der Waals surface area contributed by atoms with Gasteiger partial charge < -0.3 is 15.5 Å². The number of halogens is 1. The molecule has 0 bridgehead atoms. The molecule has 2 rings (SSSR count). The van der Waals surface area contributed by atoms with Crippen LogP contribution in [-0.2, 0) is 9.59 Å². The van der Waals surface area contributed by atoms with Crippen LogP contribution in [0.15, 0.2) is 18.2 Å². The number of nitrogens with one attached hydrogen (secondary N) is 3. The minimum Gasteiger partial charge on any atom is -0.376 e. The first-order chi connectivity index (χ1) is 11.8. The summed E-state index contributed by atoms with van der Waals surface area (Å²) in [6, 6.07) is 5.35. The first kappa shape index (κ1) is 19.5. The van der Waals surface area contributed by atoms with Crippen LogP contribution in [0.5, 0.6) is 0 Å². The summed E-state index contributed by atoms with van der Waals surface area (Å²) in [6.45, 7) is 3.94. The third-order valence-corrected chi connectivity index (χ3v) is 5.08. The van der Waals surface area contributed by atoms with Gasteiger partial charge in [-0.2, -0.15) is 0 Å². The zero-order valence-electron chi connectivity index (χ0n) is 14.6. The summed E-state index contributed by atoms with van der Waals surface area (Å²) in [7, 11) is 1.77. The number of hydrogen-bond acceptors (Lipinski definition) is 4. The van der Waals surface area contributed by atoms with E-state index in [0.717, 1.165) is 5.56 Å². The van der Waals surface area contributed by atoms with Gasteiger partial charge in [0.2, 0.25) is 11.8 Å². The molecule has 3 amide bonds. The summed E-state index contributed by atoms with van der Waals surface area (Å²) in [6.07, 6.45) is 1.08. The van der Waals surface area contributed by atoms with Crippen molar-refractivity contribution in [3.8, 4) is 0 Å². The van der Waals surface area contributed by atoms with Crippen LogP contribution in [0.25, 0.3) is 0 Å². The van der Waals surface area contributed by atoms with Crippen molar-refractivity contribution in [3.63, 3.8) is 0 Å². The van der Waals surface area contributed by atoms with Gasteiger partial charge in [-0.1, -0.05) is 6.07 Å². The van der Waals surface area contributed by atoms with Crippen LogP contribution in [-0.4, -0.2) is 48.3 Å². The van der Waals surface area contributed by atoms with E-state index in [2.05, 4.69) is 14.2 Å². The second-order valence-corrected chi connectivity index (χ2v) is 6.82. The zero-order valence-corrected chi connectivity index (χ0v) is 16.7. The van der Waals surface area contributed by atoms with Crippen LogP contribution in [0.1, 0.15) is 35.7 Å².